The first-order chi connectivity index (χ1) is 8.22. The van der Waals surface area contributed by atoms with E-state index in [4.69, 9.17) is 4.74 Å². The second-order valence-electron chi connectivity index (χ2n) is 4.61. The molecule has 1 aromatic heterocycles. The highest BCUT2D eigenvalue weighted by molar-refractivity contribution is 5.17. The monoisotopic (exact) mass is 235 g/mol. The number of hydrogen-bond donors (Lipinski definition) is 1. The van der Waals surface area contributed by atoms with Crippen molar-refractivity contribution in [2.45, 2.75) is 39.2 Å². The first-order valence-electron chi connectivity index (χ1n) is 6.37. The maximum absolute atomic E-state index is 5.45. The molecule has 94 valence electrons. The zero-order valence-electron chi connectivity index (χ0n) is 10.9. The van der Waals surface area contributed by atoms with Gasteiger partial charge in [0.2, 0.25) is 5.88 Å². The third-order valence-electron chi connectivity index (χ3n) is 3.15. The van der Waals surface area contributed by atoms with E-state index >= 15 is 0 Å². The van der Waals surface area contributed by atoms with E-state index in [9.17, 15) is 0 Å². The average Bonchev–Trinajstić information content (AvgIpc) is 3.09. The number of hydrogen-bond acceptors (Lipinski definition) is 4. The van der Waals surface area contributed by atoms with Crippen LogP contribution in [-0.2, 0) is 6.42 Å². The molecule has 4 nitrogen and oxygen atoms in total. The summed E-state index contributed by atoms with van der Waals surface area (Å²) in [5.74, 6) is 2.31. The minimum atomic E-state index is 0.541. The fraction of sp³-hybridized carbons (Fsp3) is 0.692. The van der Waals surface area contributed by atoms with Crippen molar-refractivity contribution in [1.29, 1.82) is 0 Å². The van der Waals surface area contributed by atoms with Gasteiger partial charge in [0.05, 0.1) is 6.61 Å². The van der Waals surface area contributed by atoms with Crippen LogP contribution in [0.4, 0.5) is 0 Å². The Kier molecular flexibility index (Phi) is 3.94. The topological polar surface area (TPSA) is 47.0 Å². The first-order valence-corrected chi connectivity index (χ1v) is 6.37. The standard InChI is InChI=1S/C13H21N3O/c1-4-17-13-8-11(15-9(2)16-13)7-12(14-3)10-5-6-10/h8,10,12,14H,4-7H2,1-3H3. The Hall–Kier alpha value is -1.16. The molecule has 1 unspecified atom stereocenters. The highest BCUT2D eigenvalue weighted by Gasteiger charge is 2.30. The van der Waals surface area contributed by atoms with E-state index in [0.29, 0.717) is 18.5 Å². The molecule has 1 aliphatic carbocycles. The summed E-state index contributed by atoms with van der Waals surface area (Å²) in [7, 11) is 2.03. The maximum Gasteiger partial charge on any atom is 0.216 e. The van der Waals surface area contributed by atoms with Gasteiger partial charge in [0.1, 0.15) is 5.82 Å². The van der Waals surface area contributed by atoms with Crippen LogP contribution in [0.25, 0.3) is 0 Å². The Morgan fingerprint density at radius 1 is 1.47 bits per heavy atom. The lowest BCUT2D eigenvalue weighted by Crippen LogP contribution is -2.30. The summed E-state index contributed by atoms with van der Waals surface area (Å²) < 4.78 is 5.45. The molecule has 17 heavy (non-hydrogen) atoms. The molecule has 0 radical (unpaired) electrons. The first kappa shape index (κ1) is 12.3. The van der Waals surface area contributed by atoms with Crippen molar-refractivity contribution in [3.8, 4) is 5.88 Å². The largest absolute Gasteiger partial charge is 0.478 e. The number of aromatic nitrogens is 2. The molecule has 0 bridgehead atoms. The van der Waals surface area contributed by atoms with E-state index in [1.165, 1.54) is 12.8 Å². The lowest BCUT2D eigenvalue weighted by molar-refractivity contribution is 0.324. The summed E-state index contributed by atoms with van der Waals surface area (Å²) in [5, 5.41) is 3.38. The fourth-order valence-electron chi connectivity index (χ4n) is 2.15. The predicted octanol–water partition coefficient (Wildman–Crippen LogP) is 1.72. The van der Waals surface area contributed by atoms with Gasteiger partial charge in [-0.3, -0.25) is 0 Å². The molecular formula is C13H21N3O. The van der Waals surface area contributed by atoms with E-state index < -0.39 is 0 Å². The molecule has 0 spiro atoms. The summed E-state index contributed by atoms with van der Waals surface area (Å²) in [4.78, 5) is 8.75. The van der Waals surface area contributed by atoms with Crippen molar-refractivity contribution in [2.75, 3.05) is 13.7 Å². The van der Waals surface area contributed by atoms with Gasteiger partial charge >= 0.3 is 0 Å². The molecule has 1 atom stereocenters. The van der Waals surface area contributed by atoms with E-state index in [1.54, 1.807) is 0 Å². The lowest BCUT2D eigenvalue weighted by Gasteiger charge is -2.15. The van der Waals surface area contributed by atoms with Gasteiger partial charge in [0, 0.05) is 24.2 Å². The Morgan fingerprint density at radius 2 is 2.24 bits per heavy atom. The van der Waals surface area contributed by atoms with Gasteiger partial charge in [-0.2, -0.15) is 4.98 Å². The van der Waals surface area contributed by atoms with Gasteiger partial charge in [0.25, 0.3) is 0 Å². The van der Waals surface area contributed by atoms with Crippen LogP contribution in [0.1, 0.15) is 31.3 Å². The van der Waals surface area contributed by atoms with Crippen molar-refractivity contribution in [3.05, 3.63) is 17.6 Å². The molecule has 0 saturated heterocycles. The second kappa shape index (κ2) is 5.45. The summed E-state index contributed by atoms with van der Waals surface area (Å²) in [6, 6.07) is 2.50. The van der Waals surface area contributed by atoms with Gasteiger partial charge in [0.15, 0.2) is 0 Å². The second-order valence-corrected chi connectivity index (χ2v) is 4.61. The number of likely N-dealkylation sites (N-methyl/N-ethyl adjacent to an activating group) is 1. The number of rotatable bonds is 6. The molecule has 1 fully saturated rings. The van der Waals surface area contributed by atoms with E-state index in [1.807, 2.05) is 27.0 Å². The molecule has 1 N–H and O–H groups in total. The smallest absolute Gasteiger partial charge is 0.216 e. The van der Waals surface area contributed by atoms with Crippen LogP contribution in [0.5, 0.6) is 5.88 Å². The Bertz CT molecular complexity index is 377. The zero-order valence-corrected chi connectivity index (χ0v) is 10.9. The Labute approximate surface area is 103 Å². The average molecular weight is 235 g/mol. The summed E-state index contributed by atoms with van der Waals surface area (Å²) in [6.07, 6.45) is 3.65. The number of nitrogens with zero attached hydrogens (tertiary/aromatic N) is 2. The minimum Gasteiger partial charge on any atom is -0.478 e. The minimum absolute atomic E-state index is 0.541. The molecule has 0 aromatic carbocycles. The molecule has 1 aliphatic rings. The van der Waals surface area contributed by atoms with Crippen molar-refractivity contribution in [1.82, 2.24) is 15.3 Å². The van der Waals surface area contributed by atoms with Gasteiger partial charge in [-0.1, -0.05) is 0 Å². The molecule has 1 heterocycles. The van der Waals surface area contributed by atoms with Crippen LogP contribution in [0.2, 0.25) is 0 Å². The van der Waals surface area contributed by atoms with Gasteiger partial charge in [-0.25, -0.2) is 4.98 Å². The van der Waals surface area contributed by atoms with E-state index in [-0.39, 0.29) is 0 Å². The van der Waals surface area contributed by atoms with E-state index in [2.05, 4.69) is 15.3 Å². The SMILES string of the molecule is CCOc1cc(CC(NC)C2CC2)nc(C)n1. The number of aryl methyl sites for hydroxylation is 1. The van der Waals surface area contributed by atoms with Crippen molar-refractivity contribution in [3.63, 3.8) is 0 Å². The molecule has 1 aromatic rings. The molecule has 0 amide bonds. The lowest BCUT2D eigenvalue weighted by atomic mass is 10.1. The molecule has 1 saturated carbocycles. The normalized spacial score (nSPS) is 16.9. The van der Waals surface area contributed by atoms with Crippen molar-refractivity contribution >= 4 is 0 Å². The van der Waals surface area contributed by atoms with Gasteiger partial charge in [-0.15, -0.1) is 0 Å². The molecule has 0 aliphatic heterocycles. The maximum atomic E-state index is 5.45. The van der Waals surface area contributed by atoms with Crippen LogP contribution in [0.15, 0.2) is 6.07 Å². The molecular weight excluding hydrogens is 214 g/mol. The van der Waals surface area contributed by atoms with Crippen LogP contribution in [0, 0.1) is 12.8 Å². The molecule has 2 rings (SSSR count). The third-order valence-corrected chi connectivity index (χ3v) is 3.15. The highest BCUT2D eigenvalue weighted by Crippen LogP contribution is 2.33. The summed E-state index contributed by atoms with van der Waals surface area (Å²) in [5.41, 5.74) is 1.08. The van der Waals surface area contributed by atoms with Crippen LogP contribution in [0.3, 0.4) is 0 Å². The third kappa shape index (κ3) is 3.40. The number of ether oxygens (including phenoxy) is 1. The van der Waals surface area contributed by atoms with Crippen LogP contribution < -0.4 is 10.1 Å². The Morgan fingerprint density at radius 3 is 2.82 bits per heavy atom. The highest BCUT2D eigenvalue weighted by atomic mass is 16.5. The van der Waals surface area contributed by atoms with Gasteiger partial charge in [-0.05, 0) is 39.7 Å². The molecule has 4 heteroatoms. The predicted molar refractivity (Wildman–Crippen MR) is 67.2 cm³/mol. The van der Waals surface area contributed by atoms with Crippen molar-refractivity contribution in [2.24, 2.45) is 5.92 Å². The zero-order chi connectivity index (χ0) is 12.3. The summed E-state index contributed by atoms with van der Waals surface area (Å²) >= 11 is 0. The quantitative estimate of drug-likeness (QED) is 0.815. The number of nitrogens with one attached hydrogen (secondary N) is 1. The summed E-state index contributed by atoms with van der Waals surface area (Å²) in [6.45, 7) is 4.53. The Balaban J connectivity index is 2.08. The van der Waals surface area contributed by atoms with E-state index in [0.717, 1.165) is 23.9 Å². The van der Waals surface area contributed by atoms with Gasteiger partial charge < -0.3 is 10.1 Å². The van der Waals surface area contributed by atoms with Crippen molar-refractivity contribution < 1.29 is 4.74 Å². The van der Waals surface area contributed by atoms with Crippen LogP contribution in [-0.4, -0.2) is 29.7 Å². The fourth-order valence-corrected chi connectivity index (χ4v) is 2.15. The van der Waals surface area contributed by atoms with Crippen LogP contribution >= 0.6 is 0 Å².